The van der Waals surface area contributed by atoms with E-state index in [1.165, 1.54) is 20.7 Å². The molecule has 2 aromatic heterocycles. The minimum Gasteiger partial charge on any atom is -0.474 e. The van der Waals surface area contributed by atoms with Crippen molar-refractivity contribution >= 4 is 55.9 Å². The summed E-state index contributed by atoms with van der Waals surface area (Å²) in [6, 6.07) is 43.2. The smallest absolute Gasteiger partial charge is 0.247 e. The summed E-state index contributed by atoms with van der Waals surface area (Å²) < 4.78 is 28.9. The van der Waals surface area contributed by atoms with Crippen molar-refractivity contribution in [2.75, 3.05) is 26.1 Å². The van der Waals surface area contributed by atoms with Gasteiger partial charge in [-0.25, -0.2) is 4.98 Å². The first-order valence-corrected chi connectivity index (χ1v) is 23.3. The quantitative estimate of drug-likeness (QED) is 0.107. The van der Waals surface area contributed by atoms with Gasteiger partial charge >= 0.3 is 0 Å². The van der Waals surface area contributed by atoms with Gasteiger partial charge in [-0.3, -0.25) is 0 Å². The second-order valence-electron chi connectivity index (χ2n) is 17.3. The predicted molar refractivity (Wildman–Crippen MR) is 235 cm³/mol. The average molecular weight is 800 g/mol. The van der Waals surface area contributed by atoms with E-state index in [1.54, 1.807) is 7.11 Å². The maximum atomic E-state index is 7.78. The number of nitrogens with two attached hydrogens (primary N) is 1. The van der Waals surface area contributed by atoms with Crippen LogP contribution >= 0.6 is 0 Å². The molecule has 2 N–H and O–H groups in total. The van der Waals surface area contributed by atoms with E-state index in [9.17, 15) is 0 Å². The molecule has 57 heavy (non-hydrogen) atoms. The molecule has 2 unspecified atom stereocenters. The number of aromatic nitrogens is 4. The Kier molecular flexibility index (Phi) is 12.4. The van der Waals surface area contributed by atoms with Crippen LogP contribution in [0.25, 0.3) is 11.2 Å². The molecular formula is C46H57N5O4Si2. The van der Waals surface area contributed by atoms with Crippen LogP contribution in [0.3, 0.4) is 0 Å². The Hall–Kier alpha value is -4.66. The first-order chi connectivity index (χ1) is 27.4. The van der Waals surface area contributed by atoms with E-state index in [0.717, 1.165) is 6.42 Å². The maximum Gasteiger partial charge on any atom is 0.247 e. The fourth-order valence-corrected chi connectivity index (χ4v) is 14.0. The van der Waals surface area contributed by atoms with Crippen molar-refractivity contribution < 1.29 is 18.3 Å². The van der Waals surface area contributed by atoms with Gasteiger partial charge in [-0.1, -0.05) is 163 Å². The Morgan fingerprint density at radius 3 is 1.56 bits per heavy atom. The molecule has 0 spiro atoms. The lowest BCUT2D eigenvalue weighted by molar-refractivity contribution is -0.127. The summed E-state index contributed by atoms with van der Waals surface area (Å²) in [4.78, 5) is 14.1. The van der Waals surface area contributed by atoms with Gasteiger partial charge in [-0.15, -0.1) is 0 Å². The molecule has 9 nitrogen and oxygen atoms in total. The van der Waals surface area contributed by atoms with Gasteiger partial charge in [0, 0.05) is 19.1 Å². The number of hydrogen-bond donors (Lipinski definition) is 1. The lowest BCUT2D eigenvalue weighted by Gasteiger charge is -2.57. The highest BCUT2D eigenvalue weighted by Gasteiger charge is 2.56. The summed E-state index contributed by atoms with van der Waals surface area (Å²) in [5.41, 5.74) is 7.17. The van der Waals surface area contributed by atoms with Crippen LogP contribution in [0, 0.1) is 22.7 Å². The van der Waals surface area contributed by atoms with Crippen molar-refractivity contribution in [3.8, 4) is 5.88 Å². The highest BCUT2D eigenvalue weighted by Crippen LogP contribution is 2.56. The molecule has 7 rings (SSSR count). The monoisotopic (exact) mass is 799 g/mol. The van der Waals surface area contributed by atoms with Gasteiger partial charge in [0.1, 0.15) is 6.61 Å². The summed E-state index contributed by atoms with van der Waals surface area (Å²) in [7, 11) is -2.69. The first kappa shape index (κ1) is 40.5. The number of anilines is 1. The molecule has 6 aromatic rings. The van der Waals surface area contributed by atoms with Crippen LogP contribution in [0.5, 0.6) is 5.88 Å². The van der Waals surface area contributed by atoms with Crippen LogP contribution in [0.1, 0.15) is 54.0 Å². The number of benzene rings is 4. The van der Waals surface area contributed by atoms with E-state index in [0.29, 0.717) is 30.3 Å². The highest BCUT2D eigenvalue weighted by molar-refractivity contribution is 6.80. The van der Waals surface area contributed by atoms with Crippen molar-refractivity contribution in [3.05, 3.63) is 128 Å². The molecule has 0 bridgehead atoms. The summed E-state index contributed by atoms with van der Waals surface area (Å²) in [6.45, 7) is 14.7. The molecule has 2 heterocycles. The van der Waals surface area contributed by atoms with Crippen LogP contribution in [0.15, 0.2) is 128 Å². The summed E-state index contributed by atoms with van der Waals surface area (Å²) in [5.74, 6) is 0.686. The largest absolute Gasteiger partial charge is 0.474 e. The fraction of sp³-hybridized carbons (Fsp3) is 0.370. The van der Waals surface area contributed by atoms with Crippen molar-refractivity contribution in [1.29, 1.82) is 0 Å². The standard InChI is InChI=1S/C46H57N5O4Si2/c1-45(2,3)40(54-56(32-20-12-8-13-21-32)33-22-14-9-15-23-33)36-30-37(51-31-48-39-42(51)49-44(47)50-43(39)53-29-28-52-7)38(36)41(46(4,5)6)55-57(34-24-16-10-17-25-34)35-26-18-11-19-27-35/h8-27,31,36-38,40-41,56-57H,28-30H2,1-7H3,(H2,47,49,50)/t36-,37-,38+,40?,41?/m0/s1. The van der Waals surface area contributed by atoms with E-state index in [1.807, 2.05) is 6.33 Å². The van der Waals surface area contributed by atoms with Gasteiger partial charge in [0.2, 0.25) is 29.9 Å². The van der Waals surface area contributed by atoms with Crippen LogP contribution in [0.2, 0.25) is 0 Å². The van der Waals surface area contributed by atoms with Crippen LogP contribution in [-0.4, -0.2) is 70.1 Å². The van der Waals surface area contributed by atoms with E-state index in [-0.39, 0.29) is 46.9 Å². The number of hydrogen-bond acceptors (Lipinski definition) is 8. The minimum atomic E-state index is -2.19. The first-order valence-electron chi connectivity index (χ1n) is 20.1. The average Bonchev–Trinajstić information content (AvgIpc) is 3.61. The third kappa shape index (κ3) is 9.08. The molecule has 0 saturated heterocycles. The zero-order valence-corrected chi connectivity index (χ0v) is 36.6. The molecular weight excluding hydrogens is 743 g/mol. The Morgan fingerprint density at radius 2 is 1.12 bits per heavy atom. The Balaban J connectivity index is 1.36. The fourth-order valence-electron chi connectivity index (χ4n) is 8.53. The van der Waals surface area contributed by atoms with E-state index in [4.69, 9.17) is 34.0 Å². The third-order valence-corrected chi connectivity index (χ3v) is 16.3. The summed E-state index contributed by atoms with van der Waals surface area (Å²) in [5, 5.41) is 5.04. The van der Waals surface area contributed by atoms with Crippen molar-refractivity contribution in [2.45, 2.75) is 66.2 Å². The highest BCUT2D eigenvalue weighted by atomic mass is 28.3. The Morgan fingerprint density at radius 1 is 0.667 bits per heavy atom. The third-order valence-electron chi connectivity index (χ3n) is 11.2. The molecule has 11 heteroatoms. The number of nitrogen functional groups attached to an aromatic ring is 1. The number of ether oxygens (including phenoxy) is 2. The molecule has 1 aliphatic carbocycles. The van der Waals surface area contributed by atoms with E-state index < -0.39 is 18.1 Å². The minimum absolute atomic E-state index is 0.00596. The van der Waals surface area contributed by atoms with Gasteiger partial charge in [-0.2, -0.15) is 9.97 Å². The zero-order valence-electron chi connectivity index (χ0n) is 34.3. The molecule has 5 atom stereocenters. The van der Waals surface area contributed by atoms with Gasteiger partial charge in [0.05, 0.1) is 25.1 Å². The van der Waals surface area contributed by atoms with Crippen molar-refractivity contribution in [2.24, 2.45) is 22.7 Å². The number of rotatable bonds is 15. The Bertz CT molecular complexity index is 2100. The van der Waals surface area contributed by atoms with Crippen LogP contribution in [0.4, 0.5) is 5.95 Å². The predicted octanol–water partition coefficient (Wildman–Crippen LogP) is 5.55. The van der Waals surface area contributed by atoms with Crippen molar-refractivity contribution in [3.63, 3.8) is 0 Å². The van der Waals surface area contributed by atoms with Gasteiger partial charge < -0.3 is 28.6 Å². The topological polar surface area (TPSA) is 107 Å². The molecule has 1 saturated carbocycles. The molecule has 1 aliphatic rings. The normalized spacial score (nSPS) is 18.4. The van der Waals surface area contributed by atoms with E-state index >= 15 is 0 Å². The molecule has 0 aliphatic heterocycles. The zero-order chi connectivity index (χ0) is 40.2. The lowest BCUT2D eigenvalue weighted by atomic mass is 9.57. The van der Waals surface area contributed by atoms with Crippen LogP contribution < -0.4 is 31.2 Å². The molecule has 298 valence electrons. The second kappa shape index (κ2) is 17.5. The van der Waals surface area contributed by atoms with Crippen molar-refractivity contribution in [1.82, 2.24) is 19.5 Å². The van der Waals surface area contributed by atoms with E-state index in [2.05, 4.69) is 172 Å². The maximum absolute atomic E-state index is 7.78. The lowest BCUT2D eigenvalue weighted by Crippen LogP contribution is -2.62. The number of nitrogens with zero attached hydrogens (tertiary/aromatic N) is 4. The van der Waals surface area contributed by atoms with Gasteiger partial charge in [0.25, 0.3) is 0 Å². The molecule has 1 fully saturated rings. The van der Waals surface area contributed by atoms with Gasteiger partial charge in [-0.05, 0) is 43.9 Å². The summed E-state index contributed by atoms with van der Waals surface area (Å²) >= 11 is 0. The molecule has 0 radical (unpaired) electrons. The number of imidazole rings is 1. The SMILES string of the molecule is COCCOc1nc(N)nc2c1ncn2[C@H]1C[C@H](C(O[SiH](c2ccccc2)c2ccccc2)C(C)(C)C)[C@H]1C(O[SiH](c1ccccc1)c1ccccc1)C(C)(C)C. The molecule has 4 aromatic carbocycles. The summed E-state index contributed by atoms with van der Waals surface area (Å²) in [6.07, 6.45) is 2.50. The van der Waals surface area contributed by atoms with Crippen LogP contribution in [-0.2, 0) is 13.6 Å². The second-order valence-corrected chi connectivity index (χ2v) is 22.1. The number of methoxy groups -OCH3 is 1. The Labute approximate surface area is 341 Å². The number of fused-ring (bicyclic) bond motifs is 1. The molecule has 0 amide bonds. The van der Waals surface area contributed by atoms with Gasteiger partial charge in [0.15, 0.2) is 11.2 Å².